The van der Waals surface area contributed by atoms with Crippen LogP contribution in [0.1, 0.15) is 67.8 Å². The lowest BCUT2D eigenvalue weighted by Gasteiger charge is -2.30. The second-order valence-electron chi connectivity index (χ2n) is 7.97. The van der Waals surface area contributed by atoms with Gasteiger partial charge in [0.25, 0.3) is 0 Å². The van der Waals surface area contributed by atoms with Crippen LogP contribution < -0.4 is 4.74 Å². The number of aromatic nitrogens is 1. The number of aryl methyl sites for hydroxylation is 2. The van der Waals surface area contributed by atoms with Gasteiger partial charge in [-0.3, -0.25) is 4.79 Å². The molecular formula is C23H32N2O2S. The Labute approximate surface area is 172 Å². The zero-order valence-electron chi connectivity index (χ0n) is 17.5. The fraction of sp³-hybridized carbons (Fsp3) is 0.565. The number of ether oxygens (including phenoxy) is 1. The van der Waals surface area contributed by atoms with Crippen LogP contribution in [0.4, 0.5) is 0 Å². The third-order valence-corrected chi connectivity index (χ3v) is 6.75. The molecule has 1 heterocycles. The highest BCUT2D eigenvalue weighted by Crippen LogP contribution is 2.28. The van der Waals surface area contributed by atoms with E-state index in [9.17, 15) is 4.79 Å². The Hall–Kier alpha value is -1.88. The van der Waals surface area contributed by atoms with Crippen LogP contribution in [0.25, 0.3) is 0 Å². The first-order valence-electron chi connectivity index (χ1n) is 10.4. The number of amides is 1. The molecule has 0 bridgehead atoms. The summed E-state index contributed by atoms with van der Waals surface area (Å²) in [5.41, 5.74) is 3.46. The van der Waals surface area contributed by atoms with Gasteiger partial charge in [-0.05, 0) is 63.3 Å². The van der Waals surface area contributed by atoms with Crippen molar-refractivity contribution in [3.8, 4) is 5.75 Å². The highest BCUT2D eigenvalue weighted by atomic mass is 32.1. The summed E-state index contributed by atoms with van der Waals surface area (Å²) in [6.45, 7) is 9.54. The van der Waals surface area contributed by atoms with Gasteiger partial charge in [-0.25, -0.2) is 4.98 Å². The molecule has 1 aromatic carbocycles. The summed E-state index contributed by atoms with van der Waals surface area (Å²) in [6, 6.07) is 6.39. The van der Waals surface area contributed by atoms with Gasteiger partial charge in [-0.1, -0.05) is 25.8 Å². The third kappa shape index (κ3) is 5.13. The Morgan fingerprint density at radius 1 is 1.29 bits per heavy atom. The van der Waals surface area contributed by atoms with Crippen molar-refractivity contribution in [1.29, 1.82) is 0 Å². The SMILES string of the molecule is CC[C@H](C)N(Cc1csc(COc2ccc(C)c(C)c2)n1)C(=O)C1CCCC1. The smallest absolute Gasteiger partial charge is 0.226 e. The number of thiazole rings is 1. The minimum Gasteiger partial charge on any atom is -0.486 e. The highest BCUT2D eigenvalue weighted by molar-refractivity contribution is 7.09. The molecule has 152 valence electrons. The molecule has 2 aromatic rings. The molecule has 28 heavy (non-hydrogen) atoms. The number of benzene rings is 1. The molecule has 3 rings (SSSR count). The molecule has 1 aliphatic rings. The first kappa shape index (κ1) is 20.8. The summed E-state index contributed by atoms with van der Waals surface area (Å²) in [5, 5.41) is 3.02. The Balaban J connectivity index is 1.62. The molecule has 0 radical (unpaired) electrons. The van der Waals surface area contributed by atoms with Crippen LogP contribution in [0.3, 0.4) is 0 Å². The molecule has 1 fully saturated rings. The number of carbonyl (C=O) groups excluding carboxylic acids is 1. The topological polar surface area (TPSA) is 42.4 Å². The van der Waals surface area contributed by atoms with E-state index in [1.54, 1.807) is 11.3 Å². The number of hydrogen-bond acceptors (Lipinski definition) is 4. The van der Waals surface area contributed by atoms with Gasteiger partial charge < -0.3 is 9.64 Å². The van der Waals surface area contributed by atoms with Crippen LogP contribution in [-0.2, 0) is 17.9 Å². The minimum absolute atomic E-state index is 0.209. The van der Waals surface area contributed by atoms with Gasteiger partial charge in [0.2, 0.25) is 5.91 Å². The summed E-state index contributed by atoms with van der Waals surface area (Å²) in [6.07, 6.45) is 5.41. The largest absolute Gasteiger partial charge is 0.486 e. The van der Waals surface area contributed by atoms with Crippen molar-refractivity contribution in [1.82, 2.24) is 9.88 Å². The summed E-state index contributed by atoms with van der Waals surface area (Å²) in [5.74, 6) is 1.39. The van der Waals surface area contributed by atoms with Gasteiger partial charge in [0.1, 0.15) is 17.4 Å². The van der Waals surface area contributed by atoms with Crippen LogP contribution in [0.2, 0.25) is 0 Å². The van der Waals surface area contributed by atoms with Gasteiger partial charge in [-0.15, -0.1) is 11.3 Å². The second kappa shape index (κ2) is 9.55. The standard InChI is InChI=1S/C23H32N2O2S/c1-5-18(4)25(23(26)19-8-6-7-9-19)13-20-15-28-22(24-20)14-27-21-11-10-16(2)17(3)12-21/h10-12,15,18-19H,5-9,13-14H2,1-4H3/t18-/m0/s1. The molecule has 1 aliphatic carbocycles. The molecule has 1 atom stereocenters. The Morgan fingerprint density at radius 3 is 2.71 bits per heavy atom. The highest BCUT2D eigenvalue weighted by Gasteiger charge is 2.29. The van der Waals surface area contributed by atoms with Crippen LogP contribution in [0.5, 0.6) is 5.75 Å². The van der Waals surface area contributed by atoms with Crippen molar-refractivity contribution in [2.24, 2.45) is 5.92 Å². The zero-order valence-corrected chi connectivity index (χ0v) is 18.3. The predicted octanol–water partition coefficient (Wildman–Crippen LogP) is 5.66. The van der Waals surface area contributed by atoms with E-state index in [2.05, 4.69) is 45.2 Å². The maximum absolute atomic E-state index is 13.0. The van der Waals surface area contributed by atoms with Gasteiger partial charge in [0, 0.05) is 17.3 Å². The van der Waals surface area contributed by atoms with E-state index in [1.807, 2.05) is 11.0 Å². The summed E-state index contributed by atoms with van der Waals surface area (Å²) in [4.78, 5) is 19.8. The third-order valence-electron chi connectivity index (χ3n) is 5.88. The first-order chi connectivity index (χ1) is 13.5. The van der Waals surface area contributed by atoms with Crippen LogP contribution in [0.15, 0.2) is 23.6 Å². The van der Waals surface area contributed by atoms with Crippen molar-refractivity contribution in [2.45, 2.75) is 79.0 Å². The Kier molecular flexibility index (Phi) is 7.11. The van der Waals surface area contributed by atoms with Gasteiger partial charge in [0.15, 0.2) is 0 Å². The molecule has 0 spiro atoms. The van der Waals surface area contributed by atoms with Crippen LogP contribution >= 0.6 is 11.3 Å². The van der Waals surface area contributed by atoms with Crippen LogP contribution in [0, 0.1) is 19.8 Å². The summed E-state index contributed by atoms with van der Waals surface area (Å²) in [7, 11) is 0. The van der Waals surface area contributed by atoms with E-state index >= 15 is 0 Å². The number of nitrogens with zero attached hydrogens (tertiary/aromatic N) is 2. The van der Waals surface area contributed by atoms with E-state index in [-0.39, 0.29) is 12.0 Å². The zero-order chi connectivity index (χ0) is 20.1. The average molecular weight is 401 g/mol. The lowest BCUT2D eigenvalue weighted by atomic mass is 10.0. The molecule has 0 unspecified atom stereocenters. The second-order valence-corrected chi connectivity index (χ2v) is 8.91. The maximum atomic E-state index is 13.0. The van der Waals surface area contributed by atoms with Crippen molar-refractivity contribution in [3.05, 3.63) is 45.4 Å². The quantitative estimate of drug-likeness (QED) is 0.574. The molecule has 0 N–H and O–H groups in total. The first-order valence-corrected chi connectivity index (χ1v) is 11.3. The van der Waals surface area contributed by atoms with E-state index in [0.717, 1.165) is 35.7 Å². The van der Waals surface area contributed by atoms with Crippen molar-refractivity contribution >= 4 is 17.2 Å². The van der Waals surface area contributed by atoms with E-state index < -0.39 is 0 Å². The van der Waals surface area contributed by atoms with Gasteiger partial charge in [0.05, 0.1) is 12.2 Å². The molecule has 0 aliphatic heterocycles. The van der Waals surface area contributed by atoms with E-state index in [1.165, 1.54) is 24.0 Å². The molecule has 5 heteroatoms. The number of hydrogen-bond donors (Lipinski definition) is 0. The fourth-order valence-electron chi connectivity index (χ4n) is 3.69. The predicted molar refractivity (Wildman–Crippen MR) is 115 cm³/mol. The average Bonchev–Trinajstić information content (AvgIpc) is 3.38. The number of carbonyl (C=O) groups is 1. The minimum atomic E-state index is 0.209. The molecule has 4 nitrogen and oxygen atoms in total. The molecule has 1 amide bonds. The fourth-order valence-corrected chi connectivity index (χ4v) is 4.39. The van der Waals surface area contributed by atoms with Gasteiger partial charge in [-0.2, -0.15) is 0 Å². The van der Waals surface area contributed by atoms with Gasteiger partial charge >= 0.3 is 0 Å². The molecule has 1 saturated carbocycles. The summed E-state index contributed by atoms with van der Waals surface area (Å²) >= 11 is 1.61. The van der Waals surface area contributed by atoms with Crippen molar-refractivity contribution in [3.63, 3.8) is 0 Å². The van der Waals surface area contributed by atoms with E-state index in [4.69, 9.17) is 9.72 Å². The molecular weight excluding hydrogens is 368 g/mol. The summed E-state index contributed by atoms with van der Waals surface area (Å²) < 4.78 is 5.91. The Morgan fingerprint density at radius 2 is 2.04 bits per heavy atom. The van der Waals surface area contributed by atoms with E-state index in [0.29, 0.717) is 19.1 Å². The maximum Gasteiger partial charge on any atom is 0.226 e. The molecule has 1 aromatic heterocycles. The normalized spacial score (nSPS) is 15.6. The Bertz CT molecular complexity index is 796. The number of rotatable bonds is 8. The molecule has 0 saturated heterocycles. The lowest BCUT2D eigenvalue weighted by molar-refractivity contribution is -0.138. The monoisotopic (exact) mass is 400 g/mol. The lowest BCUT2D eigenvalue weighted by Crippen LogP contribution is -2.41. The van der Waals surface area contributed by atoms with Crippen molar-refractivity contribution in [2.75, 3.05) is 0 Å². The van der Waals surface area contributed by atoms with Crippen LogP contribution in [-0.4, -0.2) is 21.8 Å². The van der Waals surface area contributed by atoms with Crippen molar-refractivity contribution < 1.29 is 9.53 Å².